The van der Waals surface area contributed by atoms with Gasteiger partial charge in [0, 0.05) is 12.1 Å². The predicted molar refractivity (Wildman–Crippen MR) is 142 cm³/mol. The second kappa shape index (κ2) is 14.0. The standard InChI is InChI=1S/C30H35NO6/c1-3-5-15-36-28(33)17-22-7-9-23(10-8-22)20-31(21-29(34)37-16-6-4-2)30(35)26-12-11-25-19-27(32)14-13-24(25)18-26/h7-14,18-19,32H,3-6,15-17,20-21H2,1-2H3. The maximum atomic E-state index is 13.5. The van der Waals surface area contributed by atoms with Crippen LogP contribution in [-0.2, 0) is 32.0 Å². The number of hydrogen-bond acceptors (Lipinski definition) is 6. The van der Waals surface area contributed by atoms with Crippen molar-refractivity contribution in [1.82, 2.24) is 4.90 Å². The van der Waals surface area contributed by atoms with Gasteiger partial charge in [0.1, 0.15) is 12.3 Å². The lowest BCUT2D eigenvalue weighted by Crippen LogP contribution is -2.36. The van der Waals surface area contributed by atoms with Gasteiger partial charge in [0.15, 0.2) is 0 Å². The topological polar surface area (TPSA) is 93.1 Å². The third-order valence-electron chi connectivity index (χ3n) is 5.94. The molecule has 0 bridgehead atoms. The van der Waals surface area contributed by atoms with Crippen molar-refractivity contribution in [2.24, 2.45) is 0 Å². The maximum Gasteiger partial charge on any atom is 0.325 e. The number of hydrogen-bond donors (Lipinski definition) is 1. The summed E-state index contributed by atoms with van der Waals surface area (Å²) < 4.78 is 10.5. The number of esters is 2. The minimum Gasteiger partial charge on any atom is -0.508 e. The minimum absolute atomic E-state index is 0.153. The summed E-state index contributed by atoms with van der Waals surface area (Å²) in [6, 6.07) is 17.5. The Morgan fingerprint density at radius 1 is 0.757 bits per heavy atom. The molecule has 0 aliphatic carbocycles. The molecule has 0 heterocycles. The van der Waals surface area contributed by atoms with Crippen molar-refractivity contribution in [3.63, 3.8) is 0 Å². The first-order valence-corrected chi connectivity index (χ1v) is 12.8. The highest BCUT2D eigenvalue weighted by Crippen LogP contribution is 2.22. The third-order valence-corrected chi connectivity index (χ3v) is 5.94. The van der Waals surface area contributed by atoms with Gasteiger partial charge >= 0.3 is 11.9 Å². The second-order valence-corrected chi connectivity index (χ2v) is 9.05. The molecule has 37 heavy (non-hydrogen) atoms. The van der Waals surface area contributed by atoms with Crippen LogP contribution in [0.25, 0.3) is 10.8 Å². The number of rotatable bonds is 13. The fourth-order valence-electron chi connectivity index (χ4n) is 3.81. The van der Waals surface area contributed by atoms with Gasteiger partial charge in [-0.2, -0.15) is 0 Å². The van der Waals surface area contributed by atoms with Crippen LogP contribution < -0.4 is 0 Å². The normalized spacial score (nSPS) is 10.8. The van der Waals surface area contributed by atoms with Crippen molar-refractivity contribution in [2.75, 3.05) is 19.8 Å². The molecule has 0 radical (unpaired) electrons. The van der Waals surface area contributed by atoms with Gasteiger partial charge in [0.05, 0.1) is 19.6 Å². The van der Waals surface area contributed by atoms with E-state index >= 15 is 0 Å². The number of fused-ring (bicyclic) bond motifs is 1. The Morgan fingerprint density at radius 3 is 2.03 bits per heavy atom. The molecule has 7 nitrogen and oxygen atoms in total. The summed E-state index contributed by atoms with van der Waals surface area (Å²) in [6.45, 7) is 4.82. The van der Waals surface area contributed by atoms with Crippen LogP contribution in [0, 0.1) is 0 Å². The van der Waals surface area contributed by atoms with Crippen LogP contribution in [0.5, 0.6) is 5.75 Å². The van der Waals surface area contributed by atoms with Gasteiger partial charge in [-0.3, -0.25) is 14.4 Å². The Kier molecular flexibility index (Phi) is 10.5. The Bertz CT molecular complexity index is 1200. The zero-order valence-electron chi connectivity index (χ0n) is 21.6. The average Bonchev–Trinajstić information content (AvgIpc) is 2.89. The fourth-order valence-corrected chi connectivity index (χ4v) is 3.81. The predicted octanol–water partition coefficient (Wildman–Crippen LogP) is 5.42. The van der Waals surface area contributed by atoms with Gasteiger partial charge in [-0.25, -0.2) is 0 Å². The van der Waals surface area contributed by atoms with Gasteiger partial charge < -0.3 is 19.5 Å². The van der Waals surface area contributed by atoms with E-state index in [1.807, 2.05) is 38.1 Å². The number of carbonyl (C=O) groups is 3. The zero-order valence-corrected chi connectivity index (χ0v) is 21.6. The molecular formula is C30H35NO6. The number of benzene rings is 3. The first-order chi connectivity index (χ1) is 17.9. The van der Waals surface area contributed by atoms with Gasteiger partial charge in [-0.1, -0.05) is 63.1 Å². The van der Waals surface area contributed by atoms with Crippen LogP contribution in [0.3, 0.4) is 0 Å². The summed E-state index contributed by atoms with van der Waals surface area (Å²) >= 11 is 0. The minimum atomic E-state index is -0.459. The molecule has 0 aromatic heterocycles. The maximum absolute atomic E-state index is 13.5. The molecule has 0 saturated heterocycles. The Labute approximate surface area is 218 Å². The lowest BCUT2D eigenvalue weighted by Gasteiger charge is -2.22. The summed E-state index contributed by atoms with van der Waals surface area (Å²) in [4.78, 5) is 39.4. The summed E-state index contributed by atoms with van der Waals surface area (Å²) in [6.07, 6.45) is 3.66. The third kappa shape index (κ3) is 8.63. The van der Waals surface area contributed by atoms with Gasteiger partial charge in [0.2, 0.25) is 0 Å². The van der Waals surface area contributed by atoms with E-state index < -0.39 is 5.97 Å². The van der Waals surface area contributed by atoms with Crippen molar-refractivity contribution >= 4 is 28.6 Å². The van der Waals surface area contributed by atoms with E-state index in [1.165, 1.54) is 4.90 Å². The zero-order chi connectivity index (χ0) is 26.6. The number of phenolic OH excluding ortho intramolecular Hbond substituents is 1. The molecule has 0 spiro atoms. The molecule has 3 rings (SSSR count). The Balaban J connectivity index is 1.74. The fraction of sp³-hybridized carbons (Fsp3) is 0.367. The summed E-state index contributed by atoms with van der Waals surface area (Å²) in [5.41, 5.74) is 2.08. The molecule has 0 unspecified atom stereocenters. The molecule has 1 N–H and O–H groups in total. The molecule has 0 fully saturated rings. The molecule has 0 saturated carbocycles. The van der Waals surface area contributed by atoms with E-state index in [1.54, 1.807) is 36.4 Å². The van der Waals surface area contributed by atoms with Crippen LogP contribution in [0.4, 0.5) is 0 Å². The summed E-state index contributed by atoms with van der Waals surface area (Å²) in [7, 11) is 0. The summed E-state index contributed by atoms with van der Waals surface area (Å²) in [5, 5.41) is 11.3. The van der Waals surface area contributed by atoms with Crippen molar-refractivity contribution in [1.29, 1.82) is 0 Å². The number of amides is 1. The molecule has 0 aliphatic rings. The van der Waals surface area contributed by atoms with Crippen molar-refractivity contribution in [2.45, 2.75) is 52.5 Å². The SMILES string of the molecule is CCCCOC(=O)Cc1ccc(CN(CC(=O)OCCCC)C(=O)c2ccc3cc(O)ccc3c2)cc1. The van der Waals surface area contributed by atoms with Crippen LogP contribution in [-0.4, -0.2) is 47.6 Å². The molecule has 1 amide bonds. The number of aromatic hydroxyl groups is 1. The highest BCUT2D eigenvalue weighted by Gasteiger charge is 2.21. The number of phenols is 1. The van der Waals surface area contributed by atoms with Crippen molar-refractivity contribution < 1.29 is 29.0 Å². The Hall–Kier alpha value is -3.87. The quantitative estimate of drug-likeness (QED) is 0.246. The monoisotopic (exact) mass is 505 g/mol. The first kappa shape index (κ1) is 27.7. The largest absolute Gasteiger partial charge is 0.508 e. The van der Waals surface area contributed by atoms with Crippen LogP contribution in [0.15, 0.2) is 60.7 Å². The Morgan fingerprint density at radius 2 is 1.35 bits per heavy atom. The van der Waals surface area contributed by atoms with E-state index in [0.29, 0.717) is 18.8 Å². The molecule has 0 atom stereocenters. The van der Waals surface area contributed by atoms with Gasteiger partial charge in [-0.15, -0.1) is 0 Å². The van der Waals surface area contributed by atoms with Crippen LogP contribution in [0.2, 0.25) is 0 Å². The smallest absolute Gasteiger partial charge is 0.325 e. The lowest BCUT2D eigenvalue weighted by atomic mass is 10.0. The van der Waals surface area contributed by atoms with E-state index in [-0.39, 0.29) is 37.1 Å². The van der Waals surface area contributed by atoms with E-state index in [0.717, 1.165) is 47.6 Å². The molecule has 196 valence electrons. The molecule has 7 heteroatoms. The number of carbonyl (C=O) groups excluding carboxylic acids is 3. The van der Waals surface area contributed by atoms with E-state index in [2.05, 4.69) is 0 Å². The van der Waals surface area contributed by atoms with Crippen molar-refractivity contribution in [3.8, 4) is 5.75 Å². The van der Waals surface area contributed by atoms with Crippen molar-refractivity contribution in [3.05, 3.63) is 77.4 Å². The molecule has 3 aromatic rings. The molecule has 3 aromatic carbocycles. The number of nitrogens with zero attached hydrogens (tertiary/aromatic N) is 1. The van der Waals surface area contributed by atoms with Gasteiger partial charge in [0.25, 0.3) is 5.91 Å². The highest BCUT2D eigenvalue weighted by atomic mass is 16.5. The first-order valence-electron chi connectivity index (χ1n) is 12.8. The molecular weight excluding hydrogens is 470 g/mol. The van der Waals surface area contributed by atoms with E-state index in [9.17, 15) is 19.5 Å². The number of ether oxygens (including phenoxy) is 2. The second-order valence-electron chi connectivity index (χ2n) is 9.05. The lowest BCUT2D eigenvalue weighted by molar-refractivity contribution is -0.145. The molecule has 0 aliphatic heterocycles. The number of unbranched alkanes of at least 4 members (excludes halogenated alkanes) is 2. The van der Waals surface area contributed by atoms with Gasteiger partial charge in [-0.05, 0) is 59.0 Å². The van der Waals surface area contributed by atoms with Crippen LogP contribution in [0.1, 0.15) is 61.0 Å². The average molecular weight is 506 g/mol. The summed E-state index contributed by atoms with van der Waals surface area (Å²) in [5.74, 6) is -0.872. The van der Waals surface area contributed by atoms with E-state index in [4.69, 9.17) is 9.47 Å². The highest BCUT2D eigenvalue weighted by molar-refractivity contribution is 6.00. The van der Waals surface area contributed by atoms with Crippen LogP contribution >= 0.6 is 0 Å².